The number of nitrogens with two attached hydrogens (primary N) is 1. The Labute approximate surface area is 261 Å². The Morgan fingerprint density at radius 1 is 1.30 bits per heavy atom. The summed E-state index contributed by atoms with van der Waals surface area (Å²) in [5.41, 5.74) is 7.36. The van der Waals surface area contributed by atoms with Gasteiger partial charge in [-0.1, -0.05) is 11.2 Å². The van der Waals surface area contributed by atoms with Gasteiger partial charge in [-0.2, -0.15) is 0 Å². The van der Waals surface area contributed by atoms with Crippen molar-refractivity contribution in [1.29, 1.82) is 0 Å². The number of aryl methyl sites for hydroxylation is 1. The van der Waals surface area contributed by atoms with Crippen LogP contribution in [-0.4, -0.2) is 74.0 Å². The zero-order valence-corrected chi connectivity index (χ0v) is 25.6. The van der Waals surface area contributed by atoms with E-state index in [1.165, 1.54) is 11.8 Å². The minimum atomic E-state index is -1.52. The molecule has 44 heavy (non-hydrogen) atoms. The first kappa shape index (κ1) is 29.8. The van der Waals surface area contributed by atoms with Crippen LogP contribution in [0.1, 0.15) is 43.5 Å². The number of thioether (sulfide) groups is 1. The summed E-state index contributed by atoms with van der Waals surface area (Å²) >= 11 is 2.44. The van der Waals surface area contributed by atoms with E-state index in [-0.39, 0.29) is 40.0 Å². The molecule has 230 valence electrons. The molecule has 0 radical (unpaired) electrons. The zero-order chi connectivity index (χ0) is 31.0. The van der Waals surface area contributed by atoms with Gasteiger partial charge in [-0.3, -0.25) is 19.3 Å². The van der Waals surface area contributed by atoms with Gasteiger partial charge >= 0.3 is 0 Å². The quantitative estimate of drug-likeness (QED) is 0.126. The number of amides is 3. The Morgan fingerprint density at radius 3 is 2.80 bits per heavy atom. The molecule has 4 aliphatic rings. The molecule has 0 spiro atoms. The van der Waals surface area contributed by atoms with Crippen molar-refractivity contribution in [3.05, 3.63) is 64.1 Å². The number of nitrogens with one attached hydrogen (secondary N) is 1. The number of carboxylic acid groups (broad SMARTS) is 1. The smallest absolute Gasteiger partial charge is 0.276 e. The number of aliphatic carboxylic acids is 1. The van der Waals surface area contributed by atoms with Gasteiger partial charge in [0, 0.05) is 35.4 Å². The van der Waals surface area contributed by atoms with Crippen LogP contribution in [0.4, 0.5) is 5.13 Å². The molecule has 15 heteroatoms. The average molecular weight is 638 g/mol. The number of hydrogen-bond acceptors (Lipinski definition) is 11. The molecule has 3 amide bonds. The number of nitrogens with zero attached hydrogens (tertiary/aromatic N) is 5. The number of oxime groups is 1. The Hall–Kier alpha value is -4.24. The first-order chi connectivity index (χ1) is 21.2. The number of carbonyl (C=O) groups is 4. The summed E-state index contributed by atoms with van der Waals surface area (Å²) < 4.78 is 1.94. The molecule has 2 atom stereocenters. The number of nitrogen functional groups attached to an aromatic ring is 1. The number of anilines is 1. The molecule has 0 bridgehead atoms. The first-order valence-electron chi connectivity index (χ1n) is 14.3. The van der Waals surface area contributed by atoms with Crippen LogP contribution in [0, 0.1) is 0 Å². The van der Waals surface area contributed by atoms with E-state index >= 15 is 0 Å². The number of thiazole rings is 1. The van der Waals surface area contributed by atoms with Crippen molar-refractivity contribution in [1.82, 2.24) is 20.1 Å². The van der Waals surface area contributed by atoms with Crippen molar-refractivity contribution in [2.24, 2.45) is 12.2 Å². The highest BCUT2D eigenvalue weighted by molar-refractivity contribution is 8.00. The fourth-order valence-corrected chi connectivity index (χ4v) is 7.61. The second-order valence-electron chi connectivity index (χ2n) is 11.0. The third kappa shape index (κ3) is 5.80. The molecule has 3 aliphatic heterocycles. The van der Waals surface area contributed by atoms with Crippen LogP contribution < -0.4 is 20.7 Å². The number of aromatic nitrogens is 2. The molecule has 0 aromatic carbocycles. The molecule has 1 aliphatic carbocycles. The lowest BCUT2D eigenvalue weighted by atomic mass is 10.0. The van der Waals surface area contributed by atoms with E-state index < -0.39 is 29.2 Å². The number of fused-ring (bicyclic) bond motifs is 1. The number of pyridine rings is 1. The lowest BCUT2D eigenvalue weighted by Gasteiger charge is -2.50. The predicted molar refractivity (Wildman–Crippen MR) is 159 cm³/mol. The molecular formula is C29H31N7O6S2. The topological polar surface area (TPSA) is 174 Å². The lowest BCUT2D eigenvalue weighted by Crippen LogP contribution is -2.71. The summed E-state index contributed by atoms with van der Waals surface area (Å²) in [7, 11) is 1.91. The maximum atomic E-state index is 13.3. The van der Waals surface area contributed by atoms with Gasteiger partial charge in [-0.05, 0) is 43.8 Å². The van der Waals surface area contributed by atoms with Crippen LogP contribution >= 0.6 is 23.1 Å². The van der Waals surface area contributed by atoms with E-state index in [1.54, 1.807) is 16.4 Å². The molecule has 2 aromatic heterocycles. The lowest BCUT2D eigenvalue weighted by molar-refractivity contribution is -0.680. The van der Waals surface area contributed by atoms with E-state index in [2.05, 4.69) is 15.5 Å². The number of allylic oxidation sites excluding steroid dienone is 1. The Kier molecular flexibility index (Phi) is 8.40. The van der Waals surface area contributed by atoms with Crippen molar-refractivity contribution in [2.45, 2.75) is 56.2 Å². The molecule has 13 nitrogen and oxygen atoms in total. The summed E-state index contributed by atoms with van der Waals surface area (Å²) in [4.78, 5) is 64.7. The monoisotopic (exact) mass is 637 g/mol. The number of carboxylic acids is 1. The van der Waals surface area contributed by atoms with Crippen LogP contribution in [0.5, 0.6) is 0 Å². The number of likely N-dealkylation sites (tertiary alicyclic amines) is 1. The standard InChI is InChI=1S/C29H31N7O6S2/c1-34-10-5-4-6-18(34)13-35-11-9-16(25(35)38)12-17-14-43-27-22(26(39)36(27)23(17)28(40)41)32-24(37)21(20-15-44-29(30)31-20)33-42-19-7-2-3-8-19/h4-6,10,12,15,19,22,27H,2-3,7-9,11,13-14H2,1H3,(H3-,30,31,32,37,40,41)/b16-12+,33-21-/t22-,27-/m1/s1. The minimum absolute atomic E-state index is 0.105. The summed E-state index contributed by atoms with van der Waals surface area (Å²) in [6.45, 7) is 0.923. The minimum Gasteiger partial charge on any atom is -0.543 e. The van der Waals surface area contributed by atoms with Crippen molar-refractivity contribution in [3.8, 4) is 0 Å². The van der Waals surface area contributed by atoms with Crippen molar-refractivity contribution in [2.75, 3.05) is 18.0 Å². The second kappa shape index (κ2) is 12.4. The number of β-lactam (4-membered cyclic amide) rings is 1. The molecule has 3 N–H and O–H groups in total. The molecule has 6 rings (SSSR count). The fourth-order valence-electron chi connectivity index (χ4n) is 5.76. The van der Waals surface area contributed by atoms with Gasteiger partial charge in [0.2, 0.25) is 11.6 Å². The summed E-state index contributed by atoms with van der Waals surface area (Å²) in [5, 5.41) is 20.2. The van der Waals surface area contributed by atoms with Crippen LogP contribution in [0.25, 0.3) is 0 Å². The normalized spacial score (nSPS) is 23.3. The molecule has 2 saturated heterocycles. The number of rotatable bonds is 9. The summed E-state index contributed by atoms with van der Waals surface area (Å²) in [6.07, 6.45) is 7.52. The molecule has 0 unspecified atom stereocenters. The maximum Gasteiger partial charge on any atom is 0.276 e. The average Bonchev–Trinajstić information content (AvgIpc) is 3.76. The van der Waals surface area contributed by atoms with E-state index in [9.17, 15) is 24.3 Å². The van der Waals surface area contributed by atoms with Crippen molar-refractivity contribution in [3.63, 3.8) is 0 Å². The van der Waals surface area contributed by atoms with Gasteiger partial charge in [0.25, 0.3) is 11.8 Å². The highest BCUT2D eigenvalue weighted by Crippen LogP contribution is 2.41. The predicted octanol–water partition coefficient (Wildman–Crippen LogP) is -0.0241. The van der Waals surface area contributed by atoms with E-state index in [4.69, 9.17) is 10.6 Å². The SMILES string of the molecule is C[n+]1ccccc1CN1CC/C(=C\C2=C(C(=O)[O-])N3C(=O)[C@@H](NC(=O)/C(=N\OC4CCCC4)c4csc(N)n4)[C@H]3SC2)C1=O. The van der Waals surface area contributed by atoms with Crippen molar-refractivity contribution < 1.29 is 33.7 Å². The first-order valence-corrected chi connectivity index (χ1v) is 16.2. The van der Waals surface area contributed by atoms with Crippen LogP contribution in [-0.2, 0) is 37.6 Å². The largest absolute Gasteiger partial charge is 0.543 e. The molecular weight excluding hydrogens is 606 g/mol. The second-order valence-corrected chi connectivity index (χ2v) is 13.0. The van der Waals surface area contributed by atoms with Crippen LogP contribution in [0.2, 0.25) is 0 Å². The van der Waals surface area contributed by atoms with Crippen LogP contribution in [0.3, 0.4) is 0 Å². The van der Waals surface area contributed by atoms with Gasteiger partial charge < -0.3 is 30.7 Å². The zero-order valence-electron chi connectivity index (χ0n) is 23.9. The molecule has 1 saturated carbocycles. The van der Waals surface area contributed by atoms with Crippen LogP contribution in [0.15, 0.2) is 57.9 Å². The summed E-state index contributed by atoms with van der Waals surface area (Å²) in [6, 6.07) is 4.76. The fraction of sp³-hybridized carbons (Fsp3) is 0.414. The van der Waals surface area contributed by atoms with Gasteiger partial charge in [0.05, 0.1) is 11.7 Å². The Bertz CT molecular complexity index is 1610. The Morgan fingerprint density at radius 2 is 2.09 bits per heavy atom. The number of carbonyl (C=O) groups excluding carboxylic acids is 4. The third-order valence-electron chi connectivity index (χ3n) is 8.13. The highest BCUT2D eigenvalue weighted by atomic mass is 32.2. The van der Waals surface area contributed by atoms with E-state index in [0.29, 0.717) is 30.7 Å². The van der Waals surface area contributed by atoms with E-state index in [0.717, 1.165) is 47.6 Å². The third-order valence-corrected chi connectivity index (χ3v) is 10.1. The molecule has 5 heterocycles. The summed E-state index contributed by atoms with van der Waals surface area (Å²) in [5.74, 6) is -2.77. The molecule has 3 fully saturated rings. The van der Waals surface area contributed by atoms with Gasteiger partial charge in [-0.15, -0.1) is 23.1 Å². The number of hydrogen-bond donors (Lipinski definition) is 2. The molecule has 2 aromatic rings. The van der Waals surface area contributed by atoms with Gasteiger partial charge in [0.1, 0.15) is 36.8 Å². The van der Waals surface area contributed by atoms with Crippen molar-refractivity contribution >= 4 is 57.6 Å². The Balaban J connectivity index is 1.17. The van der Waals surface area contributed by atoms with Gasteiger partial charge in [-0.25, -0.2) is 9.55 Å². The van der Waals surface area contributed by atoms with E-state index in [1.807, 2.05) is 36.0 Å². The van der Waals surface area contributed by atoms with Gasteiger partial charge in [0.15, 0.2) is 17.0 Å². The maximum absolute atomic E-state index is 13.3. The highest BCUT2D eigenvalue weighted by Gasteiger charge is 2.53.